The van der Waals surface area contributed by atoms with Crippen molar-refractivity contribution in [3.05, 3.63) is 74.4 Å². The van der Waals surface area contributed by atoms with E-state index in [9.17, 15) is 32.5 Å². The standard InChI is InChI=1S/C17H10F4N2O4/c1-22(10-7-5-9(18)6-8-10)14-13(17(19,20)21)11-3-2-4-12(23(25)26)15(11)27-16(14)24/h2-8H,1H3. The van der Waals surface area contributed by atoms with E-state index >= 15 is 0 Å². The van der Waals surface area contributed by atoms with E-state index in [0.29, 0.717) is 0 Å². The van der Waals surface area contributed by atoms with Gasteiger partial charge in [0.05, 0.1) is 10.5 Å². The van der Waals surface area contributed by atoms with Crippen molar-refractivity contribution in [2.75, 3.05) is 11.9 Å². The van der Waals surface area contributed by atoms with Crippen LogP contribution in [0.2, 0.25) is 0 Å². The lowest BCUT2D eigenvalue weighted by Gasteiger charge is -2.23. The third-order valence-corrected chi connectivity index (χ3v) is 3.92. The van der Waals surface area contributed by atoms with Crippen LogP contribution in [0, 0.1) is 15.9 Å². The van der Waals surface area contributed by atoms with Gasteiger partial charge in [-0.3, -0.25) is 10.1 Å². The van der Waals surface area contributed by atoms with E-state index in [4.69, 9.17) is 4.42 Å². The van der Waals surface area contributed by atoms with Crippen LogP contribution in [0.3, 0.4) is 0 Å². The number of halogens is 4. The molecule has 0 saturated heterocycles. The number of nitro benzene ring substituents is 1. The number of nitrogens with zero attached hydrogens (tertiary/aromatic N) is 2. The summed E-state index contributed by atoms with van der Waals surface area (Å²) in [5.41, 5.74) is -5.07. The number of benzene rings is 2. The van der Waals surface area contributed by atoms with Crippen molar-refractivity contribution in [2.45, 2.75) is 6.18 Å². The number of anilines is 2. The summed E-state index contributed by atoms with van der Waals surface area (Å²) in [5, 5.41) is 10.5. The summed E-state index contributed by atoms with van der Waals surface area (Å²) in [5.74, 6) is -0.607. The molecule has 6 nitrogen and oxygen atoms in total. The van der Waals surface area contributed by atoms with Crippen molar-refractivity contribution in [3.63, 3.8) is 0 Å². The maximum atomic E-state index is 13.8. The summed E-state index contributed by atoms with van der Waals surface area (Å²) < 4.78 is 59.3. The third-order valence-electron chi connectivity index (χ3n) is 3.92. The number of para-hydroxylation sites is 1. The van der Waals surface area contributed by atoms with Gasteiger partial charge in [0.2, 0.25) is 5.58 Å². The number of hydrogen-bond donors (Lipinski definition) is 0. The van der Waals surface area contributed by atoms with Gasteiger partial charge in [-0.15, -0.1) is 0 Å². The molecule has 0 bridgehead atoms. The lowest BCUT2D eigenvalue weighted by Crippen LogP contribution is -2.24. The summed E-state index contributed by atoms with van der Waals surface area (Å²) >= 11 is 0. The molecule has 0 saturated carbocycles. The van der Waals surface area contributed by atoms with Crippen molar-refractivity contribution in [1.29, 1.82) is 0 Å². The Balaban J connectivity index is 2.39. The molecule has 10 heteroatoms. The van der Waals surface area contributed by atoms with Crippen molar-refractivity contribution in [3.8, 4) is 0 Å². The maximum absolute atomic E-state index is 13.8. The molecule has 0 amide bonds. The molecule has 1 aromatic heterocycles. The predicted molar refractivity (Wildman–Crippen MR) is 88.6 cm³/mol. The predicted octanol–water partition coefficient (Wildman–Crippen LogP) is 4.63. The molecular formula is C17H10F4N2O4. The van der Waals surface area contributed by atoms with E-state index in [1.54, 1.807) is 0 Å². The Kier molecular flexibility index (Phi) is 4.34. The molecule has 3 rings (SSSR count). The normalized spacial score (nSPS) is 11.6. The highest BCUT2D eigenvalue weighted by molar-refractivity contribution is 5.92. The van der Waals surface area contributed by atoms with Gasteiger partial charge >= 0.3 is 17.5 Å². The molecule has 0 fully saturated rings. The van der Waals surface area contributed by atoms with Gasteiger partial charge in [0.15, 0.2) is 0 Å². The van der Waals surface area contributed by atoms with Crippen molar-refractivity contribution in [2.24, 2.45) is 0 Å². The molecule has 0 spiro atoms. The van der Waals surface area contributed by atoms with Crippen molar-refractivity contribution < 1.29 is 26.9 Å². The van der Waals surface area contributed by atoms with E-state index in [2.05, 4.69) is 0 Å². The van der Waals surface area contributed by atoms with Crippen LogP contribution in [0.25, 0.3) is 11.0 Å². The number of non-ortho nitro benzene ring substituents is 1. The molecule has 140 valence electrons. The second-order valence-corrected chi connectivity index (χ2v) is 5.56. The van der Waals surface area contributed by atoms with Crippen LogP contribution in [-0.4, -0.2) is 12.0 Å². The van der Waals surface area contributed by atoms with Gasteiger partial charge in [0, 0.05) is 24.2 Å². The topological polar surface area (TPSA) is 76.6 Å². The van der Waals surface area contributed by atoms with E-state index in [-0.39, 0.29) is 5.69 Å². The molecule has 2 aromatic carbocycles. The van der Waals surface area contributed by atoms with Gasteiger partial charge in [-0.05, 0) is 24.3 Å². The van der Waals surface area contributed by atoms with E-state index in [0.717, 1.165) is 35.2 Å². The summed E-state index contributed by atoms with van der Waals surface area (Å²) in [6, 6.07) is 7.40. The van der Waals surface area contributed by atoms with Crippen LogP contribution < -0.4 is 10.5 Å². The largest absolute Gasteiger partial charge is 0.419 e. The highest BCUT2D eigenvalue weighted by atomic mass is 19.4. The fourth-order valence-corrected chi connectivity index (χ4v) is 2.73. The van der Waals surface area contributed by atoms with E-state index in [1.807, 2.05) is 0 Å². The first kappa shape index (κ1) is 18.4. The minimum atomic E-state index is -5.01. The van der Waals surface area contributed by atoms with Crippen LogP contribution in [-0.2, 0) is 6.18 Å². The zero-order valence-corrected chi connectivity index (χ0v) is 13.6. The van der Waals surface area contributed by atoms with Crippen LogP contribution in [0.1, 0.15) is 5.56 Å². The van der Waals surface area contributed by atoms with Gasteiger partial charge in [0.1, 0.15) is 11.5 Å². The molecule has 0 unspecified atom stereocenters. The molecule has 27 heavy (non-hydrogen) atoms. The summed E-state index contributed by atoms with van der Waals surface area (Å²) in [4.78, 5) is 23.4. The van der Waals surface area contributed by atoms with Gasteiger partial charge in [0.25, 0.3) is 0 Å². The number of alkyl halides is 3. The van der Waals surface area contributed by atoms with Crippen molar-refractivity contribution in [1.82, 2.24) is 0 Å². The number of hydrogen-bond acceptors (Lipinski definition) is 5. The van der Waals surface area contributed by atoms with Gasteiger partial charge in [-0.25, -0.2) is 9.18 Å². The maximum Gasteiger partial charge on any atom is 0.419 e. The average molecular weight is 382 g/mol. The summed E-state index contributed by atoms with van der Waals surface area (Å²) in [7, 11) is 1.18. The monoisotopic (exact) mass is 382 g/mol. The molecule has 0 aliphatic carbocycles. The second kappa shape index (κ2) is 6.38. The van der Waals surface area contributed by atoms with Crippen LogP contribution in [0.5, 0.6) is 0 Å². The lowest BCUT2D eigenvalue weighted by atomic mass is 10.1. The van der Waals surface area contributed by atoms with Gasteiger partial charge in [-0.1, -0.05) is 12.1 Å². The summed E-state index contributed by atoms with van der Waals surface area (Å²) in [6.07, 6.45) is -5.01. The molecule has 1 heterocycles. The van der Waals surface area contributed by atoms with Gasteiger partial charge in [-0.2, -0.15) is 13.2 Å². The number of fused-ring (bicyclic) bond motifs is 1. The van der Waals surface area contributed by atoms with Crippen LogP contribution in [0.4, 0.5) is 34.6 Å². The average Bonchev–Trinajstić information content (AvgIpc) is 2.59. The smallest absolute Gasteiger partial charge is 0.414 e. The number of rotatable bonds is 3. The molecule has 0 aliphatic heterocycles. The first-order valence-corrected chi connectivity index (χ1v) is 7.42. The zero-order chi connectivity index (χ0) is 19.9. The quantitative estimate of drug-likeness (QED) is 0.286. The fourth-order valence-electron chi connectivity index (χ4n) is 2.73. The Labute approximate surface area is 148 Å². The molecule has 0 aliphatic rings. The minimum Gasteiger partial charge on any atom is -0.414 e. The molecule has 3 aromatic rings. The Bertz CT molecular complexity index is 1090. The van der Waals surface area contributed by atoms with E-state index in [1.165, 1.54) is 19.2 Å². The van der Waals surface area contributed by atoms with Crippen molar-refractivity contribution >= 4 is 28.0 Å². The Hall–Kier alpha value is -3.43. The number of nitro groups is 1. The third kappa shape index (κ3) is 3.21. The molecule has 0 atom stereocenters. The molecule has 0 radical (unpaired) electrons. The Morgan fingerprint density at radius 3 is 2.30 bits per heavy atom. The highest BCUT2D eigenvalue weighted by Gasteiger charge is 2.40. The van der Waals surface area contributed by atoms with Crippen LogP contribution in [0.15, 0.2) is 51.7 Å². The Morgan fingerprint density at radius 1 is 1.11 bits per heavy atom. The first-order chi connectivity index (χ1) is 12.6. The first-order valence-electron chi connectivity index (χ1n) is 7.42. The second-order valence-electron chi connectivity index (χ2n) is 5.56. The summed E-state index contributed by atoms with van der Waals surface area (Å²) in [6.45, 7) is 0. The minimum absolute atomic E-state index is 0.0963. The SMILES string of the molecule is CN(c1ccc(F)cc1)c1c(C(F)(F)F)c2cccc([N+](=O)[O-])c2oc1=O. The fraction of sp³-hybridized carbons (Fsp3) is 0.118. The van der Waals surface area contributed by atoms with Gasteiger partial charge < -0.3 is 9.32 Å². The molecule has 0 N–H and O–H groups in total. The highest BCUT2D eigenvalue weighted by Crippen LogP contribution is 2.42. The van der Waals surface area contributed by atoms with Crippen LogP contribution >= 0.6 is 0 Å². The zero-order valence-electron chi connectivity index (χ0n) is 13.6. The van der Waals surface area contributed by atoms with E-state index < -0.39 is 50.4 Å². The molecular weight excluding hydrogens is 372 g/mol. The lowest BCUT2D eigenvalue weighted by molar-refractivity contribution is -0.383. The Morgan fingerprint density at radius 2 is 1.74 bits per heavy atom.